The van der Waals surface area contributed by atoms with Gasteiger partial charge < -0.3 is 15.4 Å². The highest BCUT2D eigenvalue weighted by Crippen LogP contribution is 2.21. The maximum Gasteiger partial charge on any atom is 0.0495 e. The minimum Gasteiger partial charge on any atom is -0.381 e. The summed E-state index contributed by atoms with van der Waals surface area (Å²) in [6.07, 6.45) is 6.57. The van der Waals surface area contributed by atoms with Crippen molar-refractivity contribution in [2.45, 2.75) is 32.1 Å². The van der Waals surface area contributed by atoms with Gasteiger partial charge in [-0.05, 0) is 63.6 Å². The smallest absolute Gasteiger partial charge is 0.0495 e. The highest BCUT2D eigenvalue weighted by atomic mass is 16.5. The highest BCUT2D eigenvalue weighted by Gasteiger charge is 2.21. The molecule has 2 unspecified atom stereocenters. The Kier molecular flexibility index (Phi) is 5.07. The molecule has 2 saturated heterocycles. The van der Waals surface area contributed by atoms with E-state index in [1.54, 1.807) is 0 Å². The average Bonchev–Trinajstić information content (AvgIpc) is 2.80. The van der Waals surface area contributed by atoms with Crippen molar-refractivity contribution in [2.75, 3.05) is 39.4 Å². The van der Waals surface area contributed by atoms with Gasteiger partial charge in [-0.2, -0.15) is 0 Å². The summed E-state index contributed by atoms with van der Waals surface area (Å²) in [6, 6.07) is 0. The van der Waals surface area contributed by atoms with E-state index in [4.69, 9.17) is 10.5 Å². The third kappa shape index (κ3) is 3.72. The average molecular weight is 226 g/mol. The lowest BCUT2D eigenvalue weighted by Gasteiger charge is -2.33. The van der Waals surface area contributed by atoms with Gasteiger partial charge in [-0.15, -0.1) is 0 Å². The van der Waals surface area contributed by atoms with E-state index in [0.29, 0.717) is 0 Å². The van der Waals surface area contributed by atoms with E-state index in [9.17, 15) is 0 Å². The van der Waals surface area contributed by atoms with Crippen molar-refractivity contribution in [3.05, 3.63) is 0 Å². The second-order valence-electron chi connectivity index (χ2n) is 5.40. The van der Waals surface area contributed by atoms with Gasteiger partial charge in [0.15, 0.2) is 0 Å². The predicted octanol–water partition coefficient (Wildman–Crippen LogP) is 1.47. The molecule has 2 aliphatic rings. The fraction of sp³-hybridized carbons (Fsp3) is 1.00. The molecule has 0 amide bonds. The molecule has 0 saturated carbocycles. The largest absolute Gasteiger partial charge is 0.381 e. The fourth-order valence-electron chi connectivity index (χ4n) is 3.00. The molecule has 0 aliphatic carbocycles. The minimum atomic E-state index is 0.829. The molecular formula is C13H26N2O. The van der Waals surface area contributed by atoms with E-state index in [1.807, 2.05) is 0 Å². The zero-order valence-corrected chi connectivity index (χ0v) is 10.4. The van der Waals surface area contributed by atoms with Crippen LogP contribution in [0.5, 0.6) is 0 Å². The molecule has 2 aliphatic heterocycles. The monoisotopic (exact) mass is 226 g/mol. The Morgan fingerprint density at radius 3 is 2.88 bits per heavy atom. The first-order chi connectivity index (χ1) is 7.88. The van der Waals surface area contributed by atoms with E-state index in [1.165, 1.54) is 51.7 Å². The molecule has 94 valence electrons. The number of piperidine rings is 1. The van der Waals surface area contributed by atoms with Gasteiger partial charge in [0.05, 0.1) is 0 Å². The molecule has 3 nitrogen and oxygen atoms in total. The number of ether oxygens (including phenoxy) is 1. The van der Waals surface area contributed by atoms with Crippen LogP contribution < -0.4 is 5.73 Å². The molecule has 0 aromatic carbocycles. The second kappa shape index (κ2) is 6.58. The number of hydrogen-bond donors (Lipinski definition) is 1. The van der Waals surface area contributed by atoms with E-state index in [2.05, 4.69) is 4.90 Å². The fourth-order valence-corrected chi connectivity index (χ4v) is 3.00. The van der Waals surface area contributed by atoms with Crippen LogP contribution in [0.2, 0.25) is 0 Å². The first kappa shape index (κ1) is 12.3. The van der Waals surface area contributed by atoms with Crippen molar-refractivity contribution in [3.8, 4) is 0 Å². The summed E-state index contributed by atoms with van der Waals surface area (Å²) in [6.45, 7) is 6.70. The van der Waals surface area contributed by atoms with Gasteiger partial charge in [-0.1, -0.05) is 0 Å². The number of nitrogens with two attached hydrogens (primary N) is 1. The third-order valence-corrected chi connectivity index (χ3v) is 4.06. The zero-order chi connectivity index (χ0) is 11.2. The maximum atomic E-state index is 5.64. The summed E-state index contributed by atoms with van der Waals surface area (Å²) in [4.78, 5) is 2.64. The Morgan fingerprint density at radius 2 is 2.12 bits per heavy atom. The van der Waals surface area contributed by atoms with Crippen molar-refractivity contribution in [1.82, 2.24) is 4.90 Å². The first-order valence-corrected chi connectivity index (χ1v) is 6.88. The van der Waals surface area contributed by atoms with Crippen molar-refractivity contribution >= 4 is 0 Å². The summed E-state index contributed by atoms with van der Waals surface area (Å²) in [7, 11) is 0. The minimum absolute atomic E-state index is 0.829. The van der Waals surface area contributed by atoms with Gasteiger partial charge in [0.2, 0.25) is 0 Å². The molecule has 2 atom stereocenters. The van der Waals surface area contributed by atoms with Crippen LogP contribution in [0, 0.1) is 11.8 Å². The van der Waals surface area contributed by atoms with E-state index < -0.39 is 0 Å². The van der Waals surface area contributed by atoms with Gasteiger partial charge in [-0.3, -0.25) is 0 Å². The summed E-state index contributed by atoms with van der Waals surface area (Å²) in [5.41, 5.74) is 5.64. The molecule has 2 fully saturated rings. The Balaban J connectivity index is 1.64. The lowest BCUT2D eigenvalue weighted by atomic mass is 9.94. The number of likely N-dealkylation sites (tertiary alicyclic amines) is 1. The van der Waals surface area contributed by atoms with E-state index in [-0.39, 0.29) is 0 Å². The van der Waals surface area contributed by atoms with Gasteiger partial charge in [0.1, 0.15) is 0 Å². The summed E-state index contributed by atoms with van der Waals surface area (Å²) < 4.78 is 5.42. The van der Waals surface area contributed by atoms with Crippen LogP contribution >= 0.6 is 0 Å². The first-order valence-electron chi connectivity index (χ1n) is 6.88. The predicted molar refractivity (Wildman–Crippen MR) is 66.4 cm³/mol. The van der Waals surface area contributed by atoms with Crippen molar-refractivity contribution < 1.29 is 4.74 Å². The zero-order valence-electron chi connectivity index (χ0n) is 10.4. The second-order valence-corrected chi connectivity index (χ2v) is 5.40. The molecule has 0 aromatic rings. The van der Waals surface area contributed by atoms with Crippen LogP contribution in [0.4, 0.5) is 0 Å². The van der Waals surface area contributed by atoms with Crippen LogP contribution in [-0.2, 0) is 4.74 Å². The van der Waals surface area contributed by atoms with Crippen molar-refractivity contribution in [2.24, 2.45) is 17.6 Å². The van der Waals surface area contributed by atoms with Crippen LogP contribution in [-0.4, -0.2) is 44.3 Å². The quantitative estimate of drug-likeness (QED) is 0.771. The molecule has 3 heteroatoms. The van der Waals surface area contributed by atoms with Crippen LogP contribution in [0.15, 0.2) is 0 Å². The molecular weight excluding hydrogens is 200 g/mol. The summed E-state index contributed by atoms with van der Waals surface area (Å²) in [5.74, 6) is 1.69. The SMILES string of the molecule is NCCC1CCCN(CCC2CCOC2)C1. The Morgan fingerprint density at radius 1 is 1.19 bits per heavy atom. The van der Waals surface area contributed by atoms with Gasteiger partial charge in [-0.25, -0.2) is 0 Å². The number of hydrogen-bond acceptors (Lipinski definition) is 3. The standard InChI is InChI=1S/C13H26N2O/c14-6-3-12-2-1-7-15(10-12)8-4-13-5-9-16-11-13/h12-13H,1-11,14H2. The Bertz CT molecular complexity index is 190. The van der Waals surface area contributed by atoms with E-state index in [0.717, 1.165) is 31.6 Å². The van der Waals surface area contributed by atoms with Gasteiger partial charge in [0.25, 0.3) is 0 Å². The molecule has 0 bridgehead atoms. The Labute approximate surface area is 99.3 Å². The van der Waals surface area contributed by atoms with Gasteiger partial charge in [0, 0.05) is 19.8 Å². The molecule has 0 aromatic heterocycles. The van der Waals surface area contributed by atoms with Crippen molar-refractivity contribution in [3.63, 3.8) is 0 Å². The highest BCUT2D eigenvalue weighted by molar-refractivity contribution is 4.75. The molecule has 0 radical (unpaired) electrons. The molecule has 2 heterocycles. The number of nitrogens with zero attached hydrogens (tertiary/aromatic N) is 1. The molecule has 2 N–H and O–H groups in total. The van der Waals surface area contributed by atoms with Crippen molar-refractivity contribution in [1.29, 1.82) is 0 Å². The topological polar surface area (TPSA) is 38.5 Å². The Hall–Kier alpha value is -0.120. The van der Waals surface area contributed by atoms with Gasteiger partial charge >= 0.3 is 0 Å². The normalized spacial score (nSPS) is 32.1. The lowest BCUT2D eigenvalue weighted by Crippen LogP contribution is -2.37. The summed E-state index contributed by atoms with van der Waals surface area (Å²) >= 11 is 0. The van der Waals surface area contributed by atoms with E-state index >= 15 is 0 Å². The molecule has 0 spiro atoms. The van der Waals surface area contributed by atoms with Crippen LogP contribution in [0.25, 0.3) is 0 Å². The van der Waals surface area contributed by atoms with Crippen LogP contribution in [0.1, 0.15) is 32.1 Å². The maximum absolute atomic E-state index is 5.64. The third-order valence-electron chi connectivity index (χ3n) is 4.06. The molecule has 16 heavy (non-hydrogen) atoms. The lowest BCUT2D eigenvalue weighted by molar-refractivity contribution is 0.151. The van der Waals surface area contributed by atoms with Crippen LogP contribution in [0.3, 0.4) is 0 Å². The molecule has 2 rings (SSSR count). The summed E-state index contributed by atoms with van der Waals surface area (Å²) in [5, 5.41) is 0. The number of rotatable bonds is 5.